The minimum atomic E-state index is -0.224. The standard InChI is InChI=1S/C22H19N3O2S.ClH/c1-27-17-11-12-18-19(13-17)28-22(24-18)25-21(26)16-9-7-15(8-10-16)20(23)14-5-3-2-4-6-14;/h2-13,20H,23H2,1H3,(H,24,25,26);1H/t20-;/m0./s1. The maximum atomic E-state index is 12.6. The van der Waals surface area contributed by atoms with Gasteiger partial charge in [-0.3, -0.25) is 10.1 Å². The lowest BCUT2D eigenvalue weighted by atomic mass is 9.98. The number of anilines is 1. The van der Waals surface area contributed by atoms with Gasteiger partial charge in [-0.05, 0) is 41.5 Å². The summed E-state index contributed by atoms with van der Waals surface area (Å²) in [5.41, 5.74) is 9.68. The van der Waals surface area contributed by atoms with Gasteiger partial charge in [0.2, 0.25) is 0 Å². The molecule has 0 aliphatic rings. The van der Waals surface area contributed by atoms with E-state index >= 15 is 0 Å². The van der Waals surface area contributed by atoms with Crippen molar-refractivity contribution in [3.05, 3.63) is 89.5 Å². The van der Waals surface area contributed by atoms with Gasteiger partial charge in [-0.1, -0.05) is 53.8 Å². The lowest BCUT2D eigenvalue weighted by molar-refractivity contribution is 0.102. The second-order valence-electron chi connectivity index (χ2n) is 6.32. The second kappa shape index (κ2) is 9.05. The minimum absolute atomic E-state index is 0. The van der Waals surface area contributed by atoms with Crippen LogP contribution in [0.15, 0.2) is 72.8 Å². The van der Waals surface area contributed by atoms with Gasteiger partial charge in [-0.25, -0.2) is 4.98 Å². The number of benzene rings is 3. The molecule has 0 radical (unpaired) electrons. The Kier molecular flexibility index (Phi) is 6.49. The highest BCUT2D eigenvalue weighted by Crippen LogP contribution is 2.29. The first kappa shape index (κ1) is 20.8. The van der Waals surface area contributed by atoms with Crippen LogP contribution >= 0.6 is 23.7 Å². The lowest BCUT2D eigenvalue weighted by Gasteiger charge is -2.13. The first-order valence-corrected chi connectivity index (χ1v) is 9.62. The number of thiazole rings is 1. The molecule has 3 aromatic carbocycles. The number of hydrogen-bond acceptors (Lipinski definition) is 5. The van der Waals surface area contributed by atoms with Crippen LogP contribution in [-0.2, 0) is 0 Å². The molecule has 1 amide bonds. The summed E-state index contributed by atoms with van der Waals surface area (Å²) in [7, 11) is 1.62. The molecule has 1 heterocycles. The Morgan fingerprint density at radius 2 is 1.72 bits per heavy atom. The van der Waals surface area contributed by atoms with Crippen molar-refractivity contribution in [1.29, 1.82) is 0 Å². The maximum Gasteiger partial charge on any atom is 0.257 e. The van der Waals surface area contributed by atoms with Gasteiger partial charge < -0.3 is 10.5 Å². The van der Waals surface area contributed by atoms with Crippen molar-refractivity contribution in [3.63, 3.8) is 0 Å². The van der Waals surface area contributed by atoms with Crippen molar-refractivity contribution < 1.29 is 9.53 Å². The van der Waals surface area contributed by atoms with E-state index in [0.717, 1.165) is 27.1 Å². The maximum absolute atomic E-state index is 12.6. The van der Waals surface area contributed by atoms with E-state index in [1.807, 2.05) is 60.7 Å². The smallest absolute Gasteiger partial charge is 0.257 e. The van der Waals surface area contributed by atoms with Crippen molar-refractivity contribution in [3.8, 4) is 5.75 Å². The molecular formula is C22H20ClN3O2S. The number of fused-ring (bicyclic) bond motifs is 1. The number of carbonyl (C=O) groups excluding carboxylic acids is 1. The van der Waals surface area contributed by atoms with Crippen molar-refractivity contribution in [1.82, 2.24) is 4.98 Å². The fourth-order valence-electron chi connectivity index (χ4n) is 2.95. The summed E-state index contributed by atoms with van der Waals surface area (Å²) in [5, 5.41) is 3.42. The number of methoxy groups -OCH3 is 1. The minimum Gasteiger partial charge on any atom is -0.497 e. The summed E-state index contributed by atoms with van der Waals surface area (Å²) >= 11 is 1.41. The molecule has 4 rings (SSSR count). The molecule has 3 N–H and O–H groups in total. The van der Waals surface area contributed by atoms with Crippen molar-refractivity contribution >= 4 is 45.0 Å². The van der Waals surface area contributed by atoms with Crippen molar-refractivity contribution in [2.75, 3.05) is 12.4 Å². The van der Waals surface area contributed by atoms with Crippen LogP contribution in [0.4, 0.5) is 5.13 Å². The van der Waals surface area contributed by atoms with Gasteiger partial charge in [0.05, 0.1) is 23.4 Å². The monoisotopic (exact) mass is 425 g/mol. The van der Waals surface area contributed by atoms with Crippen LogP contribution in [-0.4, -0.2) is 18.0 Å². The quantitative estimate of drug-likeness (QED) is 0.470. The van der Waals surface area contributed by atoms with Crippen LogP contribution in [0, 0.1) is 0 Å². The van der Waals surface area contributed by atoms with E-state index in [1.54, 1.807) is 19.2 Å². The average molecular weight is 426 g/mol. The zero-order valence-electron chi connectivity index (χ0n) is 15.7. The molecule has 0 aliphatic carbocycles. The Morgan fingerprint density at radius 3 is 2.41 bits per heavy atom. The van der Waals surface area contributed by atoms with Gasteiger partial charge in [-0.2, -0.15) is 0 Å². The average Bonchev–Trinajstić information content (AvgIpc) is 3.15. The Balaban J connectivity index is 0.00000240. The molecular weight excluding hydrogens is 406 g/mol. The summed E-state index contributed by atoms with van der Waals surface area (Å²) in [6.07, 6.45) is 0. The van der Waals surface area contributed by atoms with E-state index in [9.17, 15) is 4.79 Å². The number of rotatable bonds is 5. The molecule has 0 bridgehead atoms. The highest BCUT2D eigenvalue weighted by Gasteiger charge is 2.13. The first-order valence-electron chi connectivity index (χ1n) is 8.80. The Morgan fingerprint density at radius 1 is 1.03 bits per heavy atom. The Hall–Kier alpha value is -2.93. The second-order valence-corrected chi connectivity index (χ2v) is 7.35. The SMILES string of the molecule is COc1ccc2nc(NC(=O)c3ccc([C@@H](N)c4ccccc4)cc3)sc2c1.Cl. The molecule has 0 spiro atoms. The third-order valence-corrected chi connectivity index (χ3v) is 5.44. The van der Waals surface area contributed by atoms with Gasteiger partial charge in [0.25, 0.3) is 5.91 Å². The summed E-state index contributed by atoms with van der Waals surface area (Å²) in [4.78, 5) is 17.0. The lowest BCUT2D eigenvalue weighted by Crippen LogP contribution is -2.14. The number of nitrogens with one attached hydrogen (secondary N) is 1. The summed E-state index contributed by atoms with van der Waals surface area (Å²) < 4.78 is 6.18. The van der Waals surface area contributed by atoms with Crippen LogP contribution in [0.25, 0.3) is 10.2 Å². The summed E-state index contributed by atoms with van der Waals surface area (Å²) in [5.74, 6) is 0.560. The van der Waals surface area contributed by atoms with Crippen LogP contribution in [0.1, 0.15) is 27.5 Å². The highest BCUT2D eigenvalue weighted by molar-refractivity contribution is 7.22. The van der Waals surface area contributed by atoms with Gasteiger partial charge in [0.15, 0.2) is 5.13 Å². The molecule has 0 aliphatic heterocycles. The third kappa shape index (κ3) is 4.56. The largest absolute Gasteiger partial charge is 0.497 e. The van der Waals surface area contributed by atoms with Crippen LogP contribution in [0.2, 0.25) is 0 Å². The van der Waals surface area contributed by atoms with Crippen LogP contribution in [0.3, 0.4) is 0 Å². The number of aromatic nitrogens is 1. The van der Waals surface area contributed by atoms with E-state index in [4.69, 9.17) is 10.5 Å². The third-order valence-electron chi connectivity index (χ3n) is 4.51. The number of carbonyl (C=O) groups is 1. The van der Waals surface area contributed by atoms with Gasteiger partial charge in [0, 0.05) is 5.56 Å². The number of amides is 1. The van der Waals surface area contributed by atoms with Crippen molar-refractivity contribution in [2.45, 2.75) is 6.04 Å². The number of nitrogens with two attached hydrogens (primary N) is 1. The Bertz CT molecular complexity index is 1110. The number of halogens is 1. The van der Waals surface area contributed by atoms with Crippen molar-refractivity contribution in [2.24, 2.45) is 5.73 Å². The fourth-order valence-corrected chi connectivity index (χ4v) is 3.84. The van der Waals surface area contributed by atoms with Crippen LogP contribution in [0.5, 0.6) is 5.75 Å². The molecule has 4 aromatic rings. The van der Waals surface area contributed by atoms with E-state index in [-0.39, 0.29) is 24.4 Å². The normalized spacial score (nSPS) is 11.5. The molecule has 7 heteroatoms. The van der Waals surface area contributed by atoms with Gasteiger partial charge in [0.1, 0.15) is 5.75 Å². The van der Waals surface area contributed by atoms with Gasteiger partial charge in [-0.15, -0.1) is 12.4 Å². The van der Waals surface area contributed by atoms with E-state index < -0.39 is 0 Å². The molecule has 29 heavy (non-hydrogen) atoms. The van der Waals surface area contributed by atoms with E-state index in [0.29, 0.717) is 10.7 Å². The van der Waals surface area contributed by atoms with Gasteiger partial charge >= 0.3 is 0 Å². The molecule has 1 atom stereocenters. The van der Waals surface area contributed by atoms with Crippen LogP contribution < -0.4 is 15.8 Å². The first-order chi connectivity index (χ1) is 13.6. The summed E-state index contributed by atoms with van der Waals surface area (Å²) in [6, 6.07) is 22.6. The molecule has 0 saturated carbocycles. The highest BCUT2D eigenvalue weighted by atomic mass is 35.5. The Labute approximate surface area is 179 Å². The molecule has 0 saturated heterocycles. The predicted octanol–water partition coefficient (Wildman–Crippen LogP) is 5.03. The fraction of sp³-hybridized carbons (Fsp3) is 0.0909. The molecule has 0 fully saturated rings. The summed E-state index contributed by atoms with van der Waals surface area (Å²) in [6.45, 7) is 0. The molecule has 5 nitrogen and oxygen atoms in total. The number of ether oxygens (including phenoxy) is 1. The van der Waals surface area contributed by atoms with E-state index in [1.165, 1.54) is 11.3 Å². The van der Waals surface area contributed by atoms with E-state index in [2.05, 4.69) is 10.3 Å². The topological polar surface area (TPSA) is 77.2 Å². The number of hydrogen-bond donors (Lipinski definition) is 2. The molecule has 0 unspecified atom stereocenters. The molecule has 148 valence electrons. The number of nitrogens with zero attached hydrogens (tertiary/aromatic N) is 1. The zero-order valence-corrected chi connectivity index (χ0v) is 17.3. The predicted molar refractivity (Wildman–Crippen MR) is 120 cm³/mol. The zero-order chi connectivity index (χ0) is 19.5. The molecule has 1 aromatic heterocycles.